The summed E-state index contributed by atoms with van der Waals surface area (Å²) in [7, 11) is 0. The smallest absolute Gasteiger partial charge is 0.354 e. The van der Waals surface area contributed by atoms with Crippen LogP contribution in [0.2, 0.25) is 0 Å². The van der Waals surface area contributed by atoms with Crippen molar-refractivity contribution in [3.05, 3.63) is 47.5 Å². The second-order valence-electron chi connectivity index (χ2n) is 11.0. The molecule has 2 saturated heterocycles. The summed E-state index contributed by atoms with van der Waals surface area (Å²) < 4.78 is 15.3. The zero-order chi connectivity index (χ0) is 25.7. The molecule has 0 spiro atoms. The first-order valence-corrected chi connectivity index (χ1v) is 13.5. The van der Waals surface area contributed by atoms with Gasteiger partial charge >= 0.3 is 5.97 Å². The quantitative estimate of drug-likeness (QED) is 0.539. The molecule has 2 aromatic heterocycles. The van der Waals surface area contributed by atoms with Gasteiger partial charge in [0.05, 0.1) is 22.5 Å². The maximum absolute atomic E-state index is 13.6. The van der Waals surface area contributed by atoms with Crippen LogP contribution in [0.1, 0.15) is 61.6 Å². The van der Waals surface area contributed by atoms with Crippen molar-refractivity contribution in [3.8, 4) is 5.69 Å². The third-order valence-corrected chi connectivity index (χ3v) is 8.21. The van der Waals surface area contributed by atoms with Crippen LogP contribution in [0.5, 0.6) is 0 Å². The predicted octanol–water partition coefficient (Wildman–Crippen LogP) is 4.13. The van der Waals surface area contributed by atoms with Crippen LogP contribution in [0.4, 0.5) is 10.1 Å². The number of carboxylic acid groups (broad SMARTS) is 1. The summed E-state index contributed by atoms with van der Waals surface area (Å²) >= 11 is 0. The van der Waals surface area contributed by atoms with Gasteiger partial charge in [-0.25, -0.2) is 18.9 Å². The Morgan fingerprint density at radius 3 is 2.08 bits per heavy atom. The Hall–Kier alpha value is -3.04. The molecular formula is C28H35FN6O2. The largest absolute Gasteiger partial charge is 0.477 e. The molecule has 0 radical (unpaired) electrons. The van der Waals surface area contributed by atoms with E-state index in [4.69, 9.17) is 5.10 Å². The number of carboxylic acids is 1. The van der Waals surface area contributed by atoms with Gasteiger partial charge in [-0.15, -0.1) is 0 Å². The first kappa shape index (κ1) is 24.3. The summed E-state index contributed by atoms with van der Waals surface area (Å²) in [4.78, 5) is 24.2. The van der Waals surface area contributed by atoms with Crippen molar-refractivity contribution in [2.75, 3.05) is 44.2 Å². The highest BCUT2D eigenvalue weighted by Crippen LogP contribution is 2.36. The SMILES string of the molecule is CC(C)c1nn(-c2ccc(F)cc2)c2nc(C(=O)O)cc(N3CCC(N4CCN(C5CC5)CC4)CC3)c12. The Labute approximate surface area is 216 Å². The second-order valence-corrected chi connectivity index (χ2v) is 11.0. The van der Waals surface area contributed by atoms with Crippen molar-refractivity contribution in [2.24, 2.45) is 0 Å². The molecule has 3 fully saturated rings. The van der Waals surface area contributed by atoms with E-state index in [0.29, 0.717) is 17.4 Å². The van der Waals surface area contributed by atoms with E-state index in [1.807, 2.05) is 0 Å². The summed E-state index contributed by atoms with van der Waals surface area (Å²) in [5.41, 5.74) is 2.92. The van der Waals surface area contributed by atoms with Crippen LogP contribution in [0, 0.1) is 5.82 Å². The van der Waals surface area contributed by atoms with Gasteiger partial charge in [-0.1, -0.05) is 13.8 Å². The molecule has 196 valence electrons. The van der Waals surface area contributed by atoms with Crippen LogP contribution < -0.4 is 4.90 Å². The number of hydrogen-bond acceptors (Lipinski definition) is 6. The molecule has 4 heterocycles. The fourth-order valence-corrected chi connectivity index (χ4v) is 6.03. The summed E-state index contributed by atoms with van der Waals surface area (Å²) in [6, 6.07) is 9.18. The Morgan fingerprint density at radius 2 is 1.54 bits per heavy atom. The lowest BCUT2D eigenvalue weighted by atomic mass is 9.99. The number of piperidine rings is 1. The number of benzene rings is 1. The van der Waals surface area contributed by atoms with Gasteiger partial charge in [0.25, 0.3) is 0 Å². The van der Waals surface area contributed by atoms with Gasteiger partial charge in [-0.2, -0.15) is 5.10 Å². The van der Waals surface area contributed by atoms with Crippen LogP contribution in [-0.2, 0) is 0 Å². The lowest BCUT2D eigenvalue weighted by Gasteiger charge is -2.43. The van der Waals surface area contributed by atoms with Gasteiger partial charge in [-0.3, -0.25) is 9.80 Å². The van der Waals surface area contributed by atoms with Crippen molar-refractivity contribution in [1.29, 1.82) is 0 Å². The van der Waals surface area contributed by atoms with Gasteiger partial charge in [0, 0.05) is 51.4 Å². The fraction of sp³-hybridized carbons (Fsp3) is 0.536. The van der Waals surface area contributed by atoms with E-state index in [-0.39, 0.29) is 17.4 Å². The summed E-state index contributed by atoms with van der Waals surface area (Å²) in [5.74, 6) is -1.29. The summed E-state index contributed by atoms with van der Waals surface area (Å²) in [5, 5.41) is 15.6. The number of halogens is 1. The van der Waals surface area contributed by atoms with Gasteiger partial charge < -0.3 is 10.0 Å². The van der Waals surface area contributed by atoms with Gasteiger partial charge in [0.2, 0.25) is 0 Å². The molecule has 8 nitrogen and oxygen atoms in total. The monoisotopic (exact) mass is 506 g/mol. The first-order chi connectivity index (χ1) is 17.9. The molecule has 1 saturated carbocycles. The number of rotatable bonds is 6. The molecule has 1 N–H and O–H groups in total. The number of aromatic nitrogens is 3. The second kappa shape index (κ2) is 9.68. The third-order valence-electron chi connectivity index (χ3n) is 8.21. The third kappa shape index (κ3) is 4.70. The van der Waals surface area contributed by atoms with Crippen LogP contribution in [0.25, 0.3) is 16.7 Å². The van der Waals surface area contributed by atoms with E-state index < -0.39 is 5.97 Å². The molecule has 2 aliphatic heterocycles. The number of aromatic carboxylic acids is 1. The molecule has 9 heteroatoms. The Kier molecular flexibility index (Phi) is 6.36. The van der Waals surface area contributed by atoms with E-state index >= 15 is 0 Å². The molecule has 37 heavy (non-hydrogen) atoms. The molecule has 0 atom stereocenters. The minimum absolute atomic E-state index is 0.000566. The zero-order valence-corrected chi connectivity index (χ0v) is 21.6. The summed E-state index contributed by atoms with van der Waals surface area (Å²) in [6.07, 6.45) is 4.85. The molecule has 0 unspecified atom stereocenters. The van der Waals surface area contributed by atoms with Crippen LogP contribution >= 0.6 is 0 Å². The van der Waals surface area contributed by atoms with E-state index in [1.165, 1.54) is 38.1 Å². The molecule has 1 aliphatic carbocycles. The highest BCUT2D eigenvalue weighted by atomic mass is 19.1. The Morgan fingerprint density at radius 1 is 0.946 bits per heavy atom. The van der Waals surface area contributed by atoms with E-state index in [2.05, 4.69) is 33.5 Å². The molecule has 3 aromatic rings. The highest BCUT2D eigenvalue weighted by molar-refractivity contribution is 5.98. The highest BCUT2D eigenvalue weighted by Gasteiger charge is 2.34. The first-order valence-electron chi connectivity index (χ1n) is 13.5. The van der Waals surface area contributed by atoms with Crippen LogP contribution in [-0.4, -0.2) is 87.0 Å². The number of nitrogens with zero attached hydrogens (tertiary/aromatic N) is 6. The van der Waals surface area contributed by atoms with Crippen molar-refractivity contribution in [3.63, 3.8) is 0 Å². The molecule has 1 aromatic carbocycles. The summed E-state index contributed by atoms with van der Waals surface area (Å²) in [6.45, 7) is 10.5. The standard InChI is InChI=1S/C28H35FN6O2/c1-18(2)26-25-24(34-11-9-21(10-12-34)33-15-13-32(14-16-33)20-7-8-20)17-23(28(36)37)30-27(25)35(31-26)22-5-3-19(29)4-6-22/h3-6,17-18,20-21H,7-16H2,1-2H3,(H,36,37). The lowest BCUT2D eigenvalue weighted by molar-refractivity contribution is 0.0690. The van der Waals surface area contributed by atoms with Crippen molar-refractivity contribution < 1.29 is 14.3 Å². The van der Waals surface area contributed by atoms with Crippen LogP contribution in [0.15, 0.2) is 30.3 Å². The minimum Gasteiger partial charge on any atom is -0.477 e. The van der Waals surface area contributed by atoms with Crippen molar-refractivity contribution >= 4 is 22.7 Å². The lowest BCUT2D eigenvalue weighted by Crippen LogP contribution is -2.53. The van der Waals surface area contributed by atoms with E-state index in [0.717, 1.165) is 61.8 Å². The molecule has 0 amide bonds. The maximum atomic E-state index is 13.6. The number of carbonyl (C=O) groups is 1. The van der Waals surface area contributed by atoms with Crippen molar-refractivity contribution in [2.45, 2.75) is 57.5 Å². The number of hydrogen-bond donors (Lipinski definition) is 1. The van der Waals surface area contributed by atoms with Gasteiger partial charge in [0.1, 0.15) is 5.82 Å². The topological polar surface area (TPSA) is 77.7 Å². The van der Waals surface area contributed by atoms with Gasteiger partial charge in [0.15, 0.2) is 11.3 Å². The number of piperazine rings is 1. The number of fused-ring (bicyclic) bond motifs is 1. The molecule has 0 bridgehead atoms. The molecule has 6 rings (SSSR count). The van der Waals surface area contributed by atoms with E-state index in [1.54, 1.807) is 22.9 Å². The number of anilines is 1. The maximum Gasteiger partial charge on any atom is 0.354 e. The van der Waals surface area contributed by atoms with E-state index in [9.17, 15) is 14.3 Å². The normalized spacial score (nSPS) is 20.3. The zero-order valence-electron chi connectivity index (χ0n) is 21.6. The Bertz CT molecular complexity index is 1290. The van der Waals surface area contributed by atoms with Gasteiger partial charge in [-0.05, 0) is 61.9 Å². The molecular weight excluding hydrogens is 471 g/mol. The van der Waals surface area contributed by atoms with Crippen LogP contribution in [0.3, 0.4) is 0 Å². The van der Waals surface area contributed by atoms with Crippen molar-refractivity contribution in [1.82, 2.24) is 24.6 Å². The average molecular weight is 507 g/mol. The fourth-order valence-electron chi connectivity index (χ4n) is 6.03. The predicted molar refractivity (Wildman–Crippen MR) is 141 cm³/mol. The average Bonchev–Trinajstić information content (AvgIpc) is 3.69. The minimum atomic E-state index is -1.07. The Balaban J connectivity index is 1.31. The molecule has 3 aliphatic rings. The number of pyridine rings is 1.